The van der Waals surface area contributed by atoms with E-state index in [0.717, 1.165) is 5.56 Å². The summed E-state index contributed by atoms with van der Waals surface area (Å²) in [5, 5.41) is 3.15. The number of aryl methyl sites for hydroxylation is 1. The molecule has 0 radical (unpaired) electrons. The zero-order valence-electron chi connectivity index (χ0n) is 15.6. The van der Waals surface area contributed by atoms with E-state index in [1.54, 1.807) is 4.90 Å². The Morgan fingerprint density at radius 1 is 1.26 bits per heavy atom. The van der Waals surface area contributed by atoms with Gasteiger partial charge in [0.1, 0.15) is 0 Å². The summed E-state index contributed by atoms with van der Waals surface area (Å²) < 4.78 is 23.4. The van der Waals surface area contributed by atoms with Crippen LogP contribution >= 0.6 is 0 Å². The molecular formula is C19H24N4O3S. The van der Waals surface area contributed by atoms with E-state index in [-0.39, 0.29) is 23.5 Å². The van der Waals surface area contributed by atoms with Gasteiger partial charge in [0.15, 0.2) is 9.84 Å². The largest absolute Gasteiger partial charge is 0.350 e. The van der Waals surface area contributed by atoms with Crippen molar-refractivity contribution < 1.29 is 13.2 Å². The van der Waals surface area contributed by atoms with Crippen molar-refractivity contribution in [1.82, 2.24) is 14.9 Å². The summed E-state index contributed by atoms with van der Waals surface area (Å²) in [5.41, 5.74) is 2.70. The lowest BCUT2D eigenvalue weighted by Crippen LogP contribution is -2.41. The third kappa shape index (κ3) is 4.63. The van der Waals surface area contributed by atoms with Crippen molar-refractivity contribution in [2.24, 2.45) is 0 Å². The molecule has 7 nitrogen and oxygen atoms in total. The normalized spacial score (nSPS) is 18.2. The highest BCUT2D eigenvalue weighted by Gasteiger charge is 2.34. The van der Waals surface area contributed by atoms with Gasteiger partial charge in [-0.25, -0.2) is 18.4 Å². The molecule has 27 heavy (non-hydrogen) atoms. The molecule has 2 aromatic rings. The average molecular weight is 388 g/mol. The van der Waals surface area contributed by atoms with Crippen LogP contribution in [0.4, 0.5) is 5.95 Å². The third-order valence-electron chi connectivity index (χ3n) is 4.85. The Morgan fingerprint density at radius 3 is 2.56 bits per heavy atom. The van der Waals surface area contributed by atoms with Crippen LogP contribution in [0.2, 0.25) is 0 Å². The fourth-order valence-corrected chi connectivity index (χ4v) is 5.00. The van der Waals surface area contributed by atoms with Crippen LogP contribution in [0.3, 0.4) is 0 Å². The summed E-state index contributed by atoms with van der Waals surface area (Å²) in [5.74, 6) is 0.384. The van der Waals surface area contributed by atoms with E-state index in [0.29, 0.717) is 31.0 Å². The standard InChI is InChI=1S/C19H24N4O3S/c1-3-23(17-8-9-27(25,26)13-17)18(24)16-11-21-19(22-12-16)20-10-15-7-5-4-6-14(15)2/h4-7,11-12,17H,3,8-10,13H2,1-2H3,(H,20,21,22). The maximum atomic E-state index is 12.7. The fraction of sp³-hybridized carbons (Fsp3) is 0.421. The molecule has 0 spiro atoms. The molecule has 1 fully saturated rings. The maximum absolute atomic E-state index is 12.7. The number of benzene rings is 1. The Balaban J connectivity index is 1.65. The summed E-state index contributed by atoms with van der Waals surface area (Å²) >= 11 is 0. The van der Waals surface area contributed by atoms with Gasteiger partial charge in [0.25, 0.3) is 5.91 Å². The van der Waals surface area contributed by atoms with E-state index in [1.807, 2.05) is 38.1 Å². The zero-order chi connectivity index (χ0) is 19.4. The molecule has 1 N–H and O–H groups in total. The monoisotopic (exact) mass is 388 g/mol. The number of hydrogen-bond acceptors (Lipinski definition) is 6. The van der Waals surface area contributed by atoms with Crippen LogP contribution in [-0.2, 0) is 16.4 Å². The number of carbonyl (C=O) groups is 1. The number of nitrogens with zero attached hydrogens (tertiary/aromatic N) is 3. The lowest BCUT2D eigenvalue weighted by atomic mass is 10.1. The predicted octanol–water partition coefficient (Wildman–Crippen LogP) is 2.05. The first kappa shape index (κ1) is 19.3. The highest BCUT2D eigenvalue weighted by atomic mass is 32.2. The fourth-order valence-electron chi connectivity index (χ4n) is 3.27. The first-order chi connectivity index (χ1) is 12.9. The molecule has 1 saturated heterocycles. The molecule has 0 saturated carbocycles. The molecule has 1 unspecified atom stereocenters. The third-order valence-corrected chi connectivity index (χ3v) is 6.60. The van der Waals surface area contributed by atoms with E-state index in [1.165, 1.54) is 18.0 Å². The second-order valence-electron chi connectivity index (χ2n) is 6.72. The summed E-state index contributed by atoms with van der Waals surface area (Å²) in [6.45, 7) is 4.94. The van der Waals surface area contributed by atoms with Gasteiger partial charge in [-0.3, -0.25) is 4.79 Å². The predicted molar refractivity (Wildman–Crippen MR) is 104 cm³/mol. The van der Waals surface area contributed by atoms with Crippen molar-refractivity contribution in [2.75, 3.05) is 23.4 Å². The molecule has 3 rings (SSSR count). The second kappa shape index (κ2) is 8.04. The SMILES string of the molecule is CCN(C(=O)c1cnc(NCc2ccccc2C)nc1)C1CCS(=O)(=O)C1. The smallest absolute Gasteiger partial charge is 0.257 e. The zero-order valence-corrected chi connectivity index (χ0v) is 16.4. The second-order valence-corrected chi connectivity index (χ2v) is 8.95. The maximum Gasteiger partial charge on any atom is 0.257 e. The highest BCUT2D eigenvalue weighted by molar-refractivity contribution is 7.91. The van der Waals surface area contributed by atoms with Gasteiger partial charge in [-0.1, -0.05) is 24.3 Å². The van der Waals surface area contributed by atoms with Gasteiger partial charge >= 0.3 is 0 Å². The highest BCUT2D eigenvalue weighted by Crippen LogP contribution is 2.19. The quantitative estimate of drug-likeness (QED) is 0.814. The van der Waals surface area contributed by atoms with Crippen LogP contribution in [0.1, 0.15) is 34.8 Å². The van der Waals surface area contributed by atoms with E-state index >= 15 is 0 Å². The van der Waals surface area contributed by atoms with Gasteiger partial charge in [0.2, 0.25) is 5.95 Å². The number of carbonyl (C=O) groups excluding carboxylic acids is 1. The first-order valence-electron chi connectivity index (χ1n) is 9.01. The Hall–Kier alpha value is -2.48. The van der Waals surface area contributed by atoms with Crippen LogP contribution in [0.15, 0.2) is 36.7 Å². The Labute approximate surface area is 159 Å². The summed E-state index contributed by atoms with van der Waals surface area (Å²) in [4.78, 5) is 22.8. The summed E-state index contributed by atoms with van der Waals surface area (Å²) in [6, 6.07) is 7.78. The van der Waals surface area contributed by atoms with Crippen molar-refractivity contribution in [3.05, 3.63) is 53.3 Å². The van der Waals surface area contributed by atoms with Gasteiger partial charge < -0.3 is 10.2 Å². The van der Waals surface area contributed by atoms with Crippen molar-refractivity contribution in [1.29, 1.82) is 0 Å². The number of rotatable bonds is 6. The van der Waals surface area contributed by atoms with Gasteiger partial charge in [-0.05, 0) is 31.4 Å². The minimum atomic E-state index is -3.05. The number of aromatic nitrogens is 2. The lowest BCUT2D eigenvalue weighted by molar-refractivity contribution is 0.0707. The van der Waals surface area contributed by atoms with Gasteiger partial charge in [-0.2, -0.15) is 0 Å². The van der Waals surface area contributed by atoms with Crippen LogP contribution in [0.5, 0.6) is 0 Å². The van der Waals surface area contributed by atoms with E-state index in [9.17, 15) is 13.2 Å². The number of nitrogens with one attached hydrogen (secondary N) is 1. The molecular weight excluding hydrogens is 364 g/mol. The minimum Gasteiger partial charge on any atom is -0.350 e. The van der Waals surface area contributed by atoms with Gasteiger partial charge in [0, 0.05) is 31.5 Å². The number of hydrogen-bond donors (Lipinski definition) is 1. The van der Waals surface area contributed by atoms with Gasteiger partial charge in [-0.15, -0.1) is 0 Å². The molecule has 0 bridgehead atoms. The van der Waals surface area contributed by atoms with E-state index < -0.39 is 9.84 Å². The molecule has 1 aliphatic rings. The van der Waals surface area contributed by atoms with E-state index in [4.69, 9.17) is 0 Å². The van der Waals surface area contributed by atoms with Crippen LogP contribution in [0, 0.1) is 6.92 Å². The molecule has 2 heterocycles. The van der Waals surface area contributed by atoms with Crippen molar-refractivity contribution in [3.63, 3.8) is 0 Å². The summed E-state index contributed by atoms with van der Waals surface area (Å²) in [7, 11) is -3.05. The Bertz CT molecular complexity index is 913. The van der Waals surface area contributed by atoms with Crippen LogP contribution < -0.4 is 5.32 Å². The molecule has 1 aromatic carbocycles. The van der Waals surface area contributed by atoms with Crippen LogP contribution in [0.25, 0.3) is 0 Å². The van der Waals surface area contributed by atoms with Gasteiger partial charge in [0.05, 0.1) is 17.1 Å². The van der Waals surface area contributed by atoms with Crippen LogP contribution in [-0.4, -0.2) is 53.3 Å². The number of amides is 1. The average Bonchev–Trinajstić information content (AvgIpc) is 3.01. The van der Waals surface area contributed by atoms with Crippen molar-refractivity contribution in [2.45, 2.75) is 32.9 Å². The Kier molecular flexibility index (Phi) is 5.74. The number of anilines is 1. The topological polar surface area (TPSA) is 92.3 Å². The molecule has 144 valence electrons. The first-order valence-corrected chi connectivity index (χ1v) is 10.8. The molecule has 8 heteroatoms. The Morgan fingerprint density at radius 2 is 1.96 bits per heavy atom. The minimum absolute atomic E-state index is 0.0313. The van der Waals surface area contributed by atoms with Crippen molar-refractivity contribution in [3.8, 4) is 0 Å². The molecule has 0 aliphatic carbocycles. The van der Waals surface area contributed by atoms with Crippen molar-refractivity contribution >= 4 is 21.7 Å². The molecule has 1 amide bonds. The molecule has 1 atom stereocenters. The molecule has 1 aliphatic heterocycles. The number of sulfone groups is 1. The lowest BCUT2D eigenvalue weighted by Gasteiger charge is -2.26. The van der Waals surface area contributed by atoms with E-state index in [2.05, 4.69) is 15.3 Å². The molecule has 1 aromatic heterocycles. The summed E-state index contributed by atoms with van der Waals surface area (Å²) in [6.07, 6.45) is 3.46.